The van der Waals surface area contributed by atoms with Crippen LogP contribution in [-0.2, 0) is 16.0 Å². The summed E-state index contributed by atoms with van der Waals surface area (Å²) >= 11 is 1.74. The van der Waals surface area contributed by atoms with Gasteiger partial charge >= 0.3 is 0 Å². The fraction of sp³-hybridized carbons (Fsp3) is 0.500. The fourth-order valence-corrected chi connectivity index (χ4v) is 5.13. The highest BCUT2D eigenvalue weighted by Gasteiger charge is 2.33. The Balaban J connectivity index is 1.68. The number of hydrogen-bond acceptors (Lipinski definition) is 6. The molecule has 2 unspecified atom stereocenters. The zero-order valence-corrected chi connectivity index (χ0v) is 20.4. The normalized spacial score (nSPS) is 16.3. The van der Waals surface area contributed by atoms with Crippen LogP contribution in [0.5, 0.6) is 5.75 Å². The van der Waals surface area contributed by atoms with Crippen LogP contribution in [0.15, 0.2) is 35.7 Å². The number of aryl methyl sites for hydroxylation is 1. The van der Waals surface area contributed by atoms with E-state index in [2.05, 4.69) is 24.3 Å². The third kappa shape index (κ3) is 7.05. The van der Waals surface area contributed by atoms with Gasteiger partial charge in [0.25, 0.3) is 0 Å². The molecular formula is C26H34N2O4S. The topological polar surface area (TPSA) is 62.2 Å². The van der Waals surface area contributed by atoms with E-state index in [0.717, 1.165) is 30.7 Å². The molecule has 0 bridgehead atoms. The van der Waals surface area contributed by atoms with Gasteiger partial charge < -0.3 is 19.5 Å². The number of aliphatic hydroxyl groups is 1. The Hall–Kier alpha value is -2.37. The highest BCUT2D eigenvalue weighted by molar-refractivity contribution is 7.10. The number of terminal acetylenes is 1. The van der Waals surface area contributed by atoms with E-state index in [1.165, 1.54) is 10.4 Å². The van der Waals surface area contributed by atoms with E-state index in [1.807, 2.05) is 41.0 Å². The number of nitrogens with zero attached hydrogens (tertiary/aromatic N) is 2. The first-order chi connectivity index (χ1) is 16.0. The van der Waals surface area contributed by atoms with E-state index in [-0.39, 0.29) is 31.7 Å². The van der Waals surface area contributed by atoms with Crippen molar-refractivity contribution in [2.24, 2.45) is 0 Å². The lowest BCUT2D eigenvalue weighted by Gasteiger charge is -2.37. The van der Waals surface area contributed by atoms with Crippen LogP contribution in [0.3, 0.4) is 0 Å². The molecule has 0 saturated carbocycles. The molecule has 1 aliphatic heterocycles. The highest BCUT2D eigenvalue weighted by Crippen LogP contribution is 2.34. The monoisotopic (exact) mass is 470 g/mol. The van der Waals surface area contributed by atoms with Gasteiger partial charge in [-0.2, -0.15) is 0 Å². The molecule has 2 atom stereocenters. The molecule has 0 saturated heterocycles. The zero-order chi connectivity index (χ0) is 23.6. The molecule has 1 aromatic heterocycles. The third-order valence-corrected chi connectivity index (χ3v) is 6.77. The van der Waals surface area contributed by atoms with Gasteiger partial charge in [-0.25, -0.2) is 0 Å². The summed E-state index contributed by atoms with van der Waals surface area (Å²) in [6.45, 7) is 6.84. The van der Waals surface area contributed by atoms with E-state index < -0.39 is 6.10 Å². The molecule has 33 heavy (non-hydrogen) atoms. The largest absolute Gasteiger partial charge is 0.491 e. The van der Waals surface area contributed by atoms with Crippen LogP contribution in [0.2, 0.25) is 0 Å². The van der Waals surface area contributed by atoms with Crippen LogP contribution in [0.4, 0.5) is 0 Å². The molecule has 0 spiro atoms. The number of thiophene rings is 1. The van der Waals surface area contributed by atoms with Gasteiger partial charge in [0.15, 0.2) is 0 Å². The second kappa shape index (κ2) is 12.8. The molecular weight excluding hydrogens is 436 g/mol. The molecule has 0 fully saturated rings. The summed E-state index contributed by atoms with van der Waals surface area (Å²) in [6.07, 6.45) is 6.25. The number of hydrogen-bond donors (Lipinski definition) is 1. The predicted molar refractivity (Wildman–Crippen MR) is 132 cm³/mol. The Morgan fingerprint density at radius 2 is 2.21 bits per heavy atom. The van der Waals surface area contributed by atoms with E-state index in [9.17, 15) is 9.90 Å². The van der Waals surface area contributed by atoms with E-state index in [4.69, 9.17) is 15.9 Å². The van der Waals surface area contributed by atoms with Crippen LogP contribution in [0.1, 0.15) is 35.4 Å². The van der Waals surface area contributed by atoms with Gasteiger partial charge in [0.05, 0.1) is 25.3 Å². The molecule has 1 amide bonds. The summed E-state index contributed by atoms with van der Waals surface area (Å²) in [6, 6.07) is 9.93. The standard InChI is InChI=1S/C26H34N2O4S/c1-4-12-27(16-21(29)18-31-14-5-2)17-26(30)28-13-10-25-22(11-15-33-25)23(28)19-32-24-9-7-6-8-20(24)3/h2,6-9,11,15,21,23,29H,4,10,12-14,16-19H2,1,3H3. The molecule has 7 heteroatoms. The molecule has 178 valence electrons. The van der Waals surface area contributed by atoms with Crippen molar-refractivity contribution in [1.29, 1.82) is 0 Å². The number of rotatable bonds is 12. The summed E-state index contributed by atoms with van der Waals surface area (Å²) < 4.78 is 11.4. The number of fused-ring (bicyclic) bond motifs is 1. The van der Waals surface area contributed by atoms with Crippen LogP contribution in [0.25, 0.3) is 0 Å². The van der Waals surface area contributed by atoms with Crippen LogP contribution >= 0.6 is 11.3 Å². The maximum absolute atomic E-state index is 13.4. The summed E-state index contributed by atoms with van der Waals surface area (Å²) in [5.74, 6) is 3.29. The summed E-state index contributed by atoms with van der Waals surface area (Å²) in [5, 5.41) is 12.4. The maximum atomic E-state index is 13.4. The number of amides is 1. The number of para-hydroxylation sites is 1. The maximum Gasteiger partial charge on any atom is 0.237 e. The Morgan fingerprint density at radius 3 is 2.97 bits per heavy atom. The minimum atomic E-state index is -0.692. The van der Waals surface area contributed by atoms with E-state index in [0.29, 0.717) is 19.7 Å². The first-order valence-corrected chi connectivity index (χ1v) is 12.4. The number of carbonyl (C=O) groups is 1. The van der Waals surface area contributed by atoms with Gasteiger partial charge in [0.2, 0.25) is 5.91 Å². The average Bonchev–Trinajstić information content (AvgIpc) is 3.28. The van der Waals surface area contributed by atoms with Crippen molar-refractivity contribution < 1.29 is 19.4 Å². The van der Waals surface area contributed by atoms with Crippen LogP contribution in [0, 0.1) is 19.3 Å². The minimum absolute atomic E-state index is 0.0513. The van der Waals surface area contributed by atoms with Crippen molar-refractivity contribution in [3.05, 3.63) is 51.7 Å². The van der Waals surface area contributed by atoms with Gasteiger partial charge in [-0.05, 0) is 54.9 Å². The van der Waals surface area contributed by atoms with Crippen molar-refractivity contribution >= 4 is 17.2 Å². The molecule has 1 aromatic carbocycles. The van der Waals surface area contributed by atoms with Gasteiger partial charge in [-0.15, -0.1) is 17.8 Å². The molecule has 0 aliphatic carbocycles. The fourth-order valence-electron chi connectivity index (χ4n) is 4.20. The van der Waals surface area contributed by atoms with Crippen molar-refractivity contribution in [2.75, 3.05) is 46.0 Å². The Labute approximate surface area is 201 Å². The van der Waals surface area contributed by atoms with Crippen molar-refractivity contribution in [2.45, 2.75) is 38.8 Å². The Morgan fingerprint density at radius 1 is 1.39 bits per heavy atom. The summed E-state index contributed by atoms with van der Waals surface area (Å²) in [7, 11) is 0. The SMILES string of the molecule is C#CCOCC(O)CN(CCC)CC(=O)N1CCc2sccc2C1COc1ccccc1C. The molecule has 1 N–H and O–H groups in total. The molecule has 1 aliphatic rings. The second-order valence-electron chi connectivity index (χ2n) is 8.34. The first kappa shape index (κ1) is 25.3. The van der Waals surface area contributed by atoms with Crippen LogP contribution < -0.4 is 4.74 Å². The molecule has 2 heterocycles. The third-order valence-electron chi connectivity index (χ3n) is 5.77. The summed E-state index contributed by atoms with van der Waals surface area (Å²) in [4.78, 5) is 18.7. The highest BCUT2D eigenvalue weighted by atomic mass is 32.1. The van der Waals surface area contributed by atoms with Crippen LogP contribution in [-0.4, -0.2) is 72.9 Å². The van der Waals surface area contributed by atoms with Gasteiger partial charge in [0, 0.05) is 18.0 Å². The minimum Gasteiger partial charge on any atom is -0.491 e. The molecule has 0 radical (unpaired) electrons. The van der Waals surface area contributed by atoms with E-state index in [1.54, 1.807) is 11.3 Å². The van der Waals surface area contributed by atoms with Gasteiger partial charge in [0.1, 0.15) is 19.0 Å². The summed E-state index contributed by atoms with van der Waals surface area (Å²) in [5.41, 5.74) is 2.25. The smallest absolute Gasteiger partial charge is 0.237 e. The van der Waals surface area contributed by atoms with E-state index >= 15 is 0 Å². The number of benzene rings is 1. The number of aliphatic hydroxyl groups excluding tert-OH is 1. The lowest BCUT2D eigenvalue weighted by molar-refractivity contribution is -0.136. The number of carbonyl (C=O) groups excluding carboxylic acids is 1. The quantitative estimate of drug-likeness (QED) is 0.381. The second-order valence-corrected chi connectivity index (χ2v) is 9.34. The first-order valence-electron chi connectivity index (χ1n) is 11.5. The lowest BCUT2D eigenvalue weighted by atomic mass is 10.00. The van der Waals surface area contributed by atoms with Crippen molar-refractivity contribution in [3.8, 4) is 18.1 Å². The molecule has 2 aromatic rings. The molecule has 3 rings (SSSR count). The van der Waals surface area contributed by atoms with Crippen molar-refractivity contribution in [3.63, 3.8) is 0 Å². The zero-order valence-electron chi connectivity index (χ0n) is 19.5. The predicted octanol–water partition coefficient (Wildman–Crippen LogP) is 3.28. The van der Waals surface area contributed by atoms with Gasteiger partial charge in [-0.1, -0.05) is 31.0 Å². The average molecular weight is 471 g/mol. The molecule has 6 nitrogen and oxygen atoms in total. The van der Waals surface area contributed by atoms with Crippen molar-refractivity contribution in [1.82, 2.24) is 9.80 Å². The Bertz CT molecular complexity index is 938. The number of ether oxygens (including phenoxy) is 2. The lowest BCUT2D eigenvalue weighted by Crippen LogP contribution is -2.48. The Kier molecular flexibility index (Phi) is 9.76. The van der Waals surface area contributed by atoms with Gasteiger partial charge in [-0.3, -0.25) is 9.69 Å².